The highest BCUT2D eigenvalue weighted by molar-refractivity contribution is 7.19. The van der Waals surface area contributed by atoms with E-state index in [0.29, 0.717) is 10.4 Å². The summed E-state index contributed by atoms with van der Waals surface area (Å²) in [5, 5.41) is 0.831. The van der Waals surface area contributed by atoms with Gasteiger partial charge in [0.25, 0.3) is 0 Å². The Bertz CT molecular complexity index is 394. The van der Waals surface area contributed by atoms with Crippen LogP contribution in [0.15, 0.2) is 18.2 Å². The third-order valence-electron chi connectivity index (χ3n) is 1.79. The zero-order chi connectivity index (χ0) is 8.72. The summed E-state index contributed by atoms with van der Waals surface area (Å²) in [4.78, 5) is 1.09. The summed E-state index contributed by atoms with van der Waals surface area (Å²) in [6, 6.07) is 4.93. The van der Waals surface area contributed by atoms with Gasteiger partial charge in [-0.05, 0) is 25.1 Å². The van der Waals surface area contributed by atoms with Crippen LogP contribution in [0, 0.1) is 12.7 Å². The van der Waals surface area contributed by atoms with Crippen LogP contribution in [0.25, 0.3) is 10.1 Å². The van der Waals surface area contributed by atoms with Gasteiger partial charge in [-0.15, -0.1) is 11.3 Å². The predicted molar refractivity (Wildman–Crippen MR) is 50.9 cm³/mol. The van der Waals surface area contributed by atoms with Gasteiger partial charge in [0.2, 0.25) is 0 Å². The maximum absolute atomic E-state index is 13.1. The Morgan fingerprint density at radius 2 is 2.17 bits per heavy atom. The van der Waals surface area contributed by atoms with Gasteiger partial charge >= 0.3 is 0 Å². The van der Waals surface area contributed by atoms with Crippen LogP contribution in [0.1, 0.15) is 4.88 Å². The van der Waals surface area contributed by atoms with Gasteiger partial charge in [0.15, 0.2) is 0 Å². The second-order valence-corrected chi connectivity index (χ2v) is 3.99. The van der Waals surface area contributed by atoms with Gasteiger partial charge in [0.05, 0.1) is 4.70 Å². The first-order valence-electron chi connectivity index (χ1n) is 3.62. The number of nitrogens with two attached hydrogens (primary N) is 1. The van der Waals surface area contributed by atoms with Crippen molar-refractivity contribution >= 4 is 27.1 Å². The van der Waals surface area contributed by atoms with Crippen LogP contribution in [-0.2, 0) is 0 Å². The predicted octanol–water partition coefficient (Wildman–Crippen LogP) is 2.93. The minimum Gasteiger partial charge on any atom is -0.398 e. The fraction of sp³-hybridized carbons (Fsp3) is 0.111. The van der Waals surface area contributed by atoms with E-state index in [4.69, 9.17) is 5.73 Å². The number of rotatable bonds is 0. The average Bonchev–Trinajstić information content (AvgIpc) is 2.41. The van der Waals surface area contributed by atoms with Gasteiger partial charge < -0.3 is 5.73 Å². The topological polar surface area (TPSA) is 26.0 Å². The van der Waals surface area contributed by atoms with E-state index in [1.807, 2.05) is 13.0 Å². The number of thiophene rings is 1. The first-order chi connectivity index (χ1) is 5.68. The maximum Gasteiger partial charge on any atom is 0.141 e. The first kappa shape index (κ1) is 7.55. The largest absolute Gasteiger partial charge is 0.398 e. The number of fused-ring (bicyclic) bond motifs is 1. The summed E-state index contributed by atoms with van der Waals surface area (Å²) < 4.78 is 13.8. The lowest BCUT2D eigenvalue weighted by molar-refractivity contribution is 0.642. The molecule has 0 spiro atoms. The molecule has 1 nitrogen and oxygen atoms in total. The van der Waals surface area contributed by atoms with E-state index < -0.39 is 0 Å². The molecule has 0 saturated heterocycles. The van der Waals surface area contributed by atoms with E-state index in [9.17, 15) is 4.39 Å². The molecule has 62 valence electrons. The second kappa shape index (κ2) is 2.45. The Morgan fingerprint density at radius 3 is 2.83 bits per heavy atom. The average molecular weight is 181 g/mol. The summed E-state index contributed by atoms with van der Waals surface area (Å²) in [5.41, 5.74) is 6.33. The monoisotopic (exact) mass is 181 g/mol. The number of anilines is 1. The van der Waals surface area contributed by atoms with Crippen LogP contribution in [0.2, 0.25) is 0 Å². The summed E-state index contributed by atoms with van der Waals surface area (Å²) >= 11 is 1.44. The Kier molecular flexibility index (Phi) is 1.54. The van der Waals surface area contributed by atoms with Crippen molar-refractivity contribution in [3.8, 4) is 0 Å². The minimum atomic E-state index is -0.183. The van der Waals surface area contributed by atoms with E-state index >= 15 is 0 Å². The molecule has 0 atom stereocenters. The molecule has 0 fully saturated rings. The van der Waals surface area contributed by atoms with E-state index in [0.717, 1.165) is 10.3 Å². The van der Waals surface area contributed by atoms with Crippen molar-refractivity contribution in [3.63, 3.8) is 0 Å². The zero-order valence-electron chi connectivity index (χ0n) is 6.60. The van der Waals surface area contributed by atoms with Gasteiger partial charge in [-0.1, -0.05) is 0 Å². The minimum absolute atomic E-state index is 0.183. The van der Waals surface area contributed by atoms with Crippen molar-refractivity contribution in [2.45, 2.75) is 6.92 Å². The molecule has 0 aliphatic heterocycles. The lowest BCUT2D eigenvalue weighted by atomic mass is 10.2. The molecule has 2 N–H and O–H groups in total. The molecule has 0 unspecified atom stereocenters. The molecule has 2 aromatic rings. The standard InChI is InChI=1S/C9H8FNS/c1-5-4-6-8(11)3-2-7(10)9(6)12-5/h2-4H,11H2,1H3. The molecule has 0 radical (unpaired) electrons. The smallest absolute Gasteiger partial charge is 0.141 e. The Labute approximate surface area is 73.6 Å². The van der Waals surface area contributed by atoms with Gasteiger partial charge in [-0.3, -0.25) is 0 Å². The van der Waals surface area contributed by atoms with Crippen molar-refractivity contribution in [2.75, 3.05) is 5.73 Å². The van der Waals surface area contributed by atoms with Gasteiger partial charge in [0, 0.05) is 16.0 Å². The van der Waals surface area contributed by atoms with E-state index in [2.05, 4.69) is 0 Å². The van der Waals surface area contributed by atoms with Crippen molar-refractivity contribution in [1.29, 1.82) is 0 Å². The molecule has 1 heterocycles. The molecular formula is C9H8FNS. The van der Waals surface area contributed by atoms with Crippen molar-refractivity contribution in [2.24, 2.45) is 0 Å². The normalized spacial score (nSPS) is 10.8. The summed E-state index contributed by atoms with van der Waals surface area (Å²) in [6.07, 6.45) is 0. The lowest BCUT2D eigenvalue weighted by Gasteiger charge is -1.95. The molecule has 1 aromatic heterocycles. The molecule has 0 aliphatic rings. The number of hydrogen-bond acceptors (Lipinski definition) is 2. The van der Waals surface area contributed by atoms with Gasteiger partial charge in [-0.2, -0.15) is 0 Å². The van der Waals surface area contributed by atoms with Gasteiger partial charge in [0.1, 0.15) is 5.82 Å². The molecule has 12 heavy (non-hydrogen) atoms. The second-order valence-electron chi connectivity index (χ2n) is 2.74. The van der Waals surface area contributed by atoms with Crippen LogP contribution < -0.4 is 5.73 Å². The Morgan fingerprint density at radius 1 is 1.42 bits per heavy atom. The first-order valence-corrected chi connectivity index (χ1v) is 4.44. The van der Waals surface area contributed by atoms with Crippen molar-refractivity contribution in [3.05, 3.63) is 28.9 Å². The van der Waals surface area contributed by atoms with Crippen LogP contribution in [0.3, 0.4) is 0 Å². The number of nitrogen functional groups attached to an aromatic ring is 1. The summed E-state index contributed by atoms with van der Waals surface area (Å²) in [7, 11) is 0. The molecule has 0 amide bonds. The number of halogens is 1. The highest BCUT2D eigenvalue weighted by atomic mass is 32.1. The molecular weight excluding hydrogens is 173 g/mol. The number of aryl methyl sites for hydroxylation is 1. The third-order valence-corrected chi connectivity index (χ3v) is 2.85. The lowest BCUT2D eigenvalue weighted by Crippen LogP contribution is -1.85. The third kappa shape index (κ3) is 0.975. The summed E-state index contributed by atoms with van der Waals surface area (Å²) in [5.74, 6) is -0.183. The SMILES string of the molecule is Cc1cc2c(N)ccc(F)c2s1. The summed E-state index contributed by atoms with van der Waals surface area (Å²) in [6.45, 7) is 1.95. The van der Waals surface area contributed by atoms with E-state index in [1.54, 1.807) is 6.07 Å². The van der Waals surface area contributed by atoms with Crippen molar-refractivity contribution < 1.29 is 4.39 Å². The molecule has 0 bridgehead atoms. The number of benzene rings is 1. The Balaban J connectivity index is 2.93. The molecule has 3 heteroatoms. The fourth-order valence-electron chi connectivity index (χ4n) is 1.23. The zero-order valence-corrected chi connectivity index (χ0v) is 7.41. The quantitative estimate of drug-likeness (QED) is 0.621. The molecule has 0 aliphatic carbocycles. The molecule has 2 rings (SSSR count). The van der Waals surface area contributed by atoms with Crippen LogP contribution >= 0.6 is 11.3 Å². The Hall–Kier alpha value is -1.09. The number of hydrogen-bond donors (Lipinski definition) is 1. The maximum atomic E-state index is 13.1. The highest BCUT2D eigenvalue weighted by Crippen LogP contribution is 2.31. The van der Waals surface area contributed by atoms with E-state index in [-0.39, 0.29) is 5.82 Å². The highest BCUT2D eigenvalue weighted by Gasteiger charge is 2.06. The van der Waals surface area contributed by atoms with Gasteiger partial charge in [-0.25, -0.2) is 4.39 Å². The van der Waals surface area contributed by atoms with Crippen LogP contribution in [0.5, 0.6) is 0 Å². The fourth-order valence-corrected chi connectivity index (χ4v) is 2.19. The molecule has 0 saturated carbocycles. The molecule has 1 aromatic carbocycles. The van der Waals surface area contributed by atoms with Crippen molar-refractivity contribution in [1.82, 2.24) is 0 Å². The van der Waals surface area contributed by atoms with Crippen LogP contribution in [-0.4, -0.2) is 0 Å². The van der Waals surface area contributed by atoms with Crippen LogP contribution in [0.4, 0.5) is 10.1 Å². The van der Waals surface area contributed by atoms with E-state index in [1.165, 1.54) is 17.4 Å².